The van der Waals surface area contributed by atoms with Crippen LogP contribution in [0, 0.1) is 0 Å². The summed E-state index contributed by atoms with van der Waals surface area (Å²) in [6, 6.07) is 11.3. The topological polar surface area (TPSA) is 132 Å². The van der Waals surface area contributed by atoms with E-state index in [-0.39, 0.29) is 18.1 Å². The van der Waals surface area contributed by atoms with Gasteiger partial charge in [-0.2, -0.15) is 5.10 Å². The Morgan fingerprint density at radius 3 is 2.41 bits per heavy atom. The average molecular weight is 367 g/mol. The van der Waals surface area contributed by atoms with Gasteiger partial charge in [-0.05, 0) is 42.5 Å². The van der Waals surface area contributed by atoms with Crippen molar-refractivity contribution in [1.29, 1.82) is 0 Å². The van der Waals surface area contributed by atoms with E-state index in [0.29, 0.717) is 22.8 Å². The van der Waals surface area contributed by atoms with Crippen molar-refractivity contribution >= 4 is 28.9 Å². The fourth-order valence-corrected chi connectivity index (χ4v) is 2.39. The molecule has 2 amide bonds. The predicted molar refractivity (Wildman–Crippen MR) is 100.0 cm³/mol. The number of nitrogens with one attached hydrogen (secondary N) is 2. The van der Waals surface area contributed by atoms with Gasteiger partial charge in [0, 0.05) is 18.3 Å². The molecule has 0 atom stereocenters. The van der Waals surface area contributed by atoms with Crippen LogP contribution in [0.5, 0.6) is 0 Å². The van der Waals surface area contributed by atoms with Gasteiger partial charge in [0.25, 0.3) is 5.56 Å². The summed E-state index contributed by atoms with van der Waals surface area (Å²) in [4.78, 5) is 35.4. The number of hydrogen-bond acceptors (Lipinski definition) is 6. The number of rotatable bonds is 5. The predicted octanol–water partition coefficient (Wildman–Crippen LogP) is 1.68. The van der Waals surface area contributed by atoms with Gasteiger partial charge in [0.15, 0.2) is 5.76 Å². The van der Waals surface area contributed by atoms with Crippen molar-refractivity contribution in [3.05, 3.63) is 59.1 Å². The van der Waals surface area contributed by atoms with Crippen molar-refractivity contribution in [2.75, 3.05) is 16.4 Å². The zero-order chi connectivity index (χ0) is 19.4. The smallest absolute Gasteiger partial charge is 0.290 e. The van der Waals surface area contributed by atoms with Crippen molar-refractivity contribution in [3.8, 4) is 11.5 Å². The van der Waals surface area contributed by atoms with Crippen molar-refractivity contribution in [1.82, 2.24) is 9.78 Å². The number of carbonyl (C=O) groups is 2. The number of anilines is 3. The third-order valence-electron chi connectivity index (χ3n) is 3.56. The summed E-state index contributed by atoms with van der Waals surface area (Å²) in [6.45, 7) is 1.09. The SMILES string of the molecule is CC(=O)Nc1ccc(NC(=O)Cn2nc(-c3ccco3)cc(N)c2=O)cc1. The number of hydrogen-bond donors (Lipinski definition) is 3. The van der Waals surface area contributed by atoms with Crippen LogP contribution < -0.4 is 21.9 Å². The van der Waals surface area contributed by atoms with Gasteiger partial charge in [-0.3, -0.25) is 14.4 Å². The molecular formula is C18H17N5O4. The second-order valence-corrected chi connectivity index (χ2v) is 5.73. The number of aromatic nitrogens is 2. The molecular weight excluding hydrogens is 350 g/mol. The molecule has 0 aliphatic rings. The summed E-state index contributed by atoms with van der Waals surface area (Å²) in [7, 11) is 0. The molecule has 9 heteroatoms. The van der Waals surface area contributed by atoms with Crippen LogP contribution in [-0.2, 0) is 16.1 Å². The van der Waals surface area contributed by atoms with Crippen LogP contribution in [-0.4, -0.2) is 21.6 Å². The quantitative estimate of drug-likeness (QED) is 0.628. The van der Waals surface area contributed by atoms with E-state index in [0.717, 1.165) is 4.68 Å². The van der Waals surface area contributed by atoms with E-state index in [1.54, 1.807) is 36.4 Å². The van der Waals surface area contributed by atoms with Crippen LogP contribution in [0.15, 0.2) is 57.9 Å². The van der Waals surface area contributed by atoms with Crippen LogP contribution >= 0.6 is 0 Å². The van der Waals surface area contributed by atoms with Gasteiger partial charge < -0.3 is 20.8 Å². The van der Waals surface area contributed by atoms with Crippen molar-refractivity contribution in [2.24, 2.45) is 0 Å². The Bertz CT molecular complexity index is 1020. The van der Waals surface area contributed by atoms with E-state index in [2.05, 4.69) is 15.7 Å². The summed E-state index contributed by atoms with van der Waals surface area (Å²) in [6.07, 6.45) is 1.47. The molecule has 0 spiro atoms. The molecule has 0 fully saturated rings. The molecule has 1 aromatic carbocycles. The van der Waals surface area contributed by atoms with Crippen LogP contribution in [0.1, 0.15) is 6.92 Å². The Morgan fingerprint density at radius 2 is 1.81 bits per heavy atom. The minimum atomic E-state index is -0.568. The molecule has 4 N–H and O–H groups in total. The molecule has 0 aliphatic heterocycles. The number of amides is 2. The monoisotopic (exact) mass is 367 g/mol. The molecule has 0 saturated carbocycles. The lowest BCUT2D eigenvalue weighted by molar-refractivity contribution is -0.117. The lowest BCUT2D eigenvalue weighted by atomic mass is 10.2. The van der Waals surface area contributed by atoms with Crippen LogP contribution in [0.4, 0.5) is 17.1 Å². The van der Waals surface area contributed by atoms with Gasteiger partial charge in [-0.15, -0.1) is 0 Å². The first-order valence-electron chi connectivity index (χ1n) is 8.01. The second-order valence-electron chi connectivity index (χ2n) is 5.73. The van der Waals surface area contributed by atoms with Crippen molar-refractivity contribution in [2.45, 2.75) is 13.5 Å². The van der Waals surface area contributed by atoms with E-state index in [1.165, 1.54) is 19.3 Å². The van der Waals surface area contributed by atoms with Gasteiger partial charge >= 0.3 is 0 Å². The number of nitrogens with two attached hydrogens (primary N) is 1. The highest BCUT2D eigenvalue weighted by Gasteiger charge is 2.12. The number of nitrogens with zero attached hydrogens (tertiary/aromatic N) is 2. The Balaban J connectivity index is 1.74. The standard InChI is InChI=1S/C18H17N5O4/c1-11(24)20-12-4-6-13(7-5-12)21-17(25)10-23-18(26)14(19)9-15(22-23)16-3-2-8-27-16/h2-9H,10,19H2,1H3,(H,20,24)(H,21,25). The molecule has 0 unspecified atom stereocenters. The van der Waals surface area contributed by atoms with Crippen LogP contribution in [0.3, 0.4) is 0 Å². The summed E-state index contributed by atoms with van der Waals surface area (Å²) in [5.41, 5.74) is 6.60. The molecule has 9 nitrogen and oxygen atoms in total. The summed E-state index contributed by atoms with van der Waals surface area (Å²) in [5, 5.41) is 9.41. The van der Waals surface area contributed by atoms with Crippen LogP contribution in [0.25, 0.3) is 11.5 Å². The average Bonchev–Trinajstić information content (AvgIpc) is 3.14. The van der Waals surface area contributed by atoms with Crippen molar-refractivity contribution in [3.63, 3.8) is 0 Å². The molecule has 2 heterocycles. The van der Waals surface area contributed by atoms with E-state index in [4.69, 9.17) is 10.2 Å². The van der Waals surface area contributed by atoms with Gasteiger partial charge in [0.05, 0.1) is 6.26 Å². The summed E-state index contributed by atoms with van der Waals surface area (Å²) in [5.74, 6) is -0.205. The minimum absolute atomic E-state index is 0.0381. The Labute approximate surface area is 153 Å². The number of nitrogen functional groups attached to an aromatic ring is 1. The van der Waals surface area contributed by atoms with Gasteiger partial charge in [0.1, 0.15) is 17.9 Å². The third-order valence-corrected chi connectivity index (χ3v) is 3.56. The molecule has 3 rings (SSSR count). The minimum Gasteiger partial charge on any atom is -0.463 e. The molecule has 27 heavy (non-hydrogen) atoms. The zero-order valence-corrected chi connectivity index (χ0v) is 14.4. The zero-order valence-electron chi connectivity index (χ0n) is 14.4. The Kier molecular flexibility index (Phi) is 5.02. The fourth-order valence-electron chi connectivity index (χ4n) is 2.39. The maximum atomic E-state index is 12.3. The molecule has 0 aliphatic carbocycles. The number of furan rings is 1. The lowest BCUT2D eigenvalue weighted by Crippen LogP contribution is -2.31. The number of benzene rings is 1. The summed E-state index contributed by atoms with van der Waals surface area (Å²) < 4.78 is 6.23. The van der Waals surface area contributed by atoms with E-state index in [1.807, 2.05) is 0 Å². The first-order chi connectivity index (χ1) is 12.9. The highest BCUT2D eigenvalue weighted by molar-refractivity contribution is 5.92. The molecule has 138 valence electrons. The molecule has 0 bridgehead atoms. The van der Waals surface area contributed by atoms with E-state index in [9.17, 15) is 14.4 Å². The lowest BCUT2D eigenvalue weighted by Gasteiger charge is -2.09. The first-order valence-corrected chi connectivity index (χ1v) is 8.01. The Morgan fingerprint density at radius 1 is 1.15 bits per heavy atom. The van der Waals surface area contributed by atoms with E-state index >= 15 is 0 Å². The first kappa shape index (κ1) is 17.9. The second kappa shape index (κ2) is 7.56. The highest BCUT2D eigenvalue weighted by Crippen LogP contribution is 2.17. The third kappa shape index (κ3) is 4.40. The van der Waals surface area contributed by atoms with Gasteiger partial charge in [-0.1, -0.05) is 0 Å². The molecule has 0 radical (unpaired) electrons. The van der Waals surface area contributed by atoms with Gasteiger partial charge in [-0.25, -0.2) is 4.68 Å². The molecule has 3 aromatic rings. The maximum Gasteiger partial charge on any atom is 0.290 e. The number of carbonyl (C=O) groups excluding carboxylic acids is 2. The molecule has 0 saturated heterocycles. The Hall–Kier alpha value is -3.88. The normalized spacial score (nSPS) is 10.4. The van der Waals surface area contributed by atoms with Gasteiger partial charge in [0.2, 0.25) is 11.8 Å². The highest BCUT2D eigenvalue weighted by atomic mass is 16.3. The van der Waals surface area contributed by atoms with E-state index < -0.39 is 11.5 Å². The maximum absolute atomic E-state index is 12.3. The summed E-state index contributed by atoms with van der Waals surface area (Å²) >= 11 is 0. The van der Waals surface area contributed by atoms with Crippen LogP contribution in [0.2, 0.25) is 0 Å². The fraction of sp³-hybridized carbons (Fsp3) is 0.111. The molecule has 2 aromatic heterocycles. The van der Waals surface area contributed by atoms with Crippen molar-refractivity contribution < 1.29 is 14.0 Å². The largest absolute Gasteiger partial charge is 0.463 e.